The number of carbonyl (C=O) groups is 1. The average molecular weight is 362 g/mol. The summed E-state index contributed by atoms with van der Waals surface area (Å²) in [7, 11) is 0. The molecule has 3 aromatic rings. The molecule has 1 aromatic carbocycles. The van der Waals surface area contributed by atoms with Gasteiger partial charge in [0.1, 0.15) is 11.5 Å². The molecule has 0 spiro atoms. The molecule has 1 amide bonds. The Morgan fingerprint density at radius 2 is 2.15 bits per heavy atom. The number of fused-ring (bicyclic) bond motifs is 1. The topological polar surface area (TPSA) is 68.2 Å². The van der Waals surface area contributed by atoms with E-state index in [1.165, 1.54) is 5.56 Å². The third-order valence-corrected chi connectivity index (χ3v) is 4.81. The minimum Gasteiger partial charge on any atom is -0.379 e. The van der Waals surface area contributed by atoms with Crippen LogP contribution in [0.15, 0.2) is 48.8 Å². The molecule has 1 aliphatic rings. The first-order valence-electron chi connectivity index (χ1n) is 9.19. The number of pyridine rings is 1. The molecule has 138 valence electrons. The zero-order chi connectivity index (χ0) is 18.6. The lowest BCUT2D eigenvalue weighted by molar-refractivity contribution is 0.0731. The van der Waals surface area contributed by atoms with Crippen molar-refractivity contribution in [1.82, 2.24) is 19.9 Å². The minimum atomic E-state index is -0.0567. The van der Waals surface area contributed by atoms with E-state index in [9.17, 15) is 4.79 Å². The first-order chi connectivity index (χ1) is 13.2. The molecule has 0 unspecified atom stereocenters. The summed E-state index contributed by atoms with van der Waals surface area (Å²) in [6.07, 6.45) is 4.29. The maximum absolute atomic E-state index is 12.8. The van der Waals surface area contributed by atoms with Crippen LogP contribution in [-0.4, -0.2) is 52.1 Å². The van der Waals surface area contributed by atoms with Gasteiger partial charge in [0, 0.05) is 36.8 Å². The van der Waals surface area contributed by atoms with E-state index >= 15 is 0 Å². The van der Waals surface area contributed by atoms with Crippen molar-refractivity contribution in [3.8, 4) is 0 Å². The Kier molecular flexibility index (Phi) is 5.07. The summed E-state index contributed by atoms with van der Waals surface area (Å²) in [5.74, 6) is 0.792. The molecule has 2 aromatic heterocycles. The van der Waals surface area contributed by atoms with E-state index < -0.39 is 0 Å². The maximum Gasteiger partial charge on any atom is 0.272 e. The van der Waals surface area contributed by atoms with Crippen molar-refractivity contribution in [2.24, 2.45) is 5.92 Å². The maximum atomic E-state index is 12.8. The standard InChI is InChI=1S/C21H22N4O2/c1-15-22-8-6-20(24-15)21(26)25-9-10-27-14-17(13-25)11-16-4-5-19-18(12-16)3-2-7-23-19/h2-8,12,17H,9-11,13-14H2,1H3/t17-/m0/s1. The Hall–Kier alpha value is -2.86. The number of benzene rings is 1. The predicted molar refractivity (Wildman–Crippen MR) is 102 cm³/mol. The highest BCUT2D eigenvalue weighted by molar-refractivity contribution is 5.92. The van der Waals surface area contributed by atoms with E-state index in [0.29, 0.717) is 37.8 Å². The van der Waals surface area contributed by atoms with Gasteiger partial charge in [0.25, 0.3) is 5.91 Å². The van der Waals surface area contributed by atoms with Gasteiger partial charge in [0.05, 0.1) is 18.7 Å². The van der Waals surface area contributed by atoms with Gasteiger partial charge in [0.15, 0.2) is 0 Å². The Morgan fingerprint density at radius 1 is 1.22 bits per heavy atom. The lowest BCUT2D eigenvalue weighted by Crippen LogP contribution is -2.37. The fourth-order valence-electron chi connectivity index (χ4n) is 3.51. The van der Waals surface area contributed by atoms with Crippen LogP contribution in [0.25, 0.3) is 10.9 Å². The molecule has 1 atom stereocenters. The summed E-state index contributed by atoms with van der Waals surface area (Å²) in [5, 5.41) is 1.13. The third kappa shape index (κ3) is 4.11. The number of aromatic nitrogens is 3. The van der Waals surface area contributed by atoms with E-state index in [0.717, 1.165) is 17.3 Å². The number of hydrogen-bond donors (Lipinski definition) is 0. The molecule has 1 fully saturated rings. The quantitative estimate of drug-likeness (QED) is 0.716. The molecule has 6 nitrogen and oxygen atoms in total. The van der Waals surface area contributed by atoms with Crippen LogP contribution >= 0.6 is 0 Å². The molecule has 4 rings (SSSR count). The molecule has 0 bridgehead atoms. The molecular weight excluding hydrogens is 340 g/mol. The van der Waals surface area contributed by atoms with Gasteiger partial charge in [-0.2, -0.15) is 0 Å². The highest BCUT2D eigenvalue weighted by atomic mass is 16.5. The SMILES string of the molecule is Cc1nccc(C(=O)N2CCOC[C@@H](Cc3ccc4ncccc4c3)C2)n1. The van der Waals surface area contributed by atoms with E-state index in [2.05, 4.69) is 39.2 Å². The number of rotatable bonds is 3. The Morgan fingerprint density at radius 3 is 3.04 bits per heavy atom. The smallest absolute Gasteiger partial charge is 0.272 e. The van der Waals surface area contributed by atoms with Gasteiger partial charge < -0.3 is 9.64 Å². The zero-order valence-corrected chi connectivity index (χ0v) is 15.3. The van der Waals surface area contributed by atoms with Crippen LogP contribution < -0.4 is 0 Å². The largest absolute Gasteiger partial charge is 0.379 e. The molecule has 0 N–H and O–H groups in total. The average Bonchev–Trinajstić information content (AvgIpc) is 2.93. The van der Waals surface area contributed by atoms with Gasteiger partial charge in [-0.15, -0.1) is 0 Å². The van der Waals surface area contributed by atoms with Crippen molar-refractivity contribution >= 4 is 16.8 Å². The van der Waals surface area contributed by atoms with Gasteiger partial charge in [-0.25, -0.2) is 9.97 Å². The van der Waals surface area contributed by atoms with Crippen molar-refractivity contribution in [1.29, 1.82) is 0 Å². The molecule has 6 heteroatoms. The molecule has 0 radical (unpaired) electrons. The van der Waals surface area contributed by atoms with E-state index in [4.69, 9.17) is 4.74 Å². The number of amides is 1. The normalized spacial score (nSPS) is 17.7. The molecule has 0 aliphatic carbocycles. The van der Waals surface area contributed by atoms with Crippen LogP contribution in [0.3, 0.4) is 0 Å². The second-order valence-corrected chi connectivity index (χ2v) is 6.92. The fourth-order valence-corrected chi connectivity index (χ4v) is 3.51. The lowest BCUT2D eigenvalue weighted by Gasteiger charge is -2.23. The second kappa shape index (κ2) is 7.80. The van der Waals surface area contributed by atoms with Crippen molar-refractivity contribution in [2.75, 3.05) is 26.3 Å². The molecular formula is C21H22N4O2. The Labute approximate surface area is 158 Å². The molecule has 1 saturated heterocycles. The van der Waals surface area contributed by atoms with Crippen LogP contribution in [0.1, 0.15) is 21.9 Å². The van der Waals surface area contributed by atoms with Crippen molar-refractivity contribution in [3.05, 3.63) is 65.9 Å². The number of hydrogen-bond acceptors (Lipinski definition) is 5. The summed E-state index contributed by atoms with van der Waals surface area (Å²) in [6, 6.07) is 12.0. The van der Waals surface area contributed by atoms with Crippen molar-refractivity contribution < 1.29 is 9.53 Å². The Bertz CT molecular complexity index is 960. The van der Waals surface area contributed by atoms with Gasteiger partial charge in [0.2, 0.25) is 0 Å². The van der Waals surface area contributed by atoms with Crippen molar-refractivity contribution in [2.45, 2.75) is 13.3 Å². The predicted octanol–water partition coefficient (Wildman–Crippen LogP) is 2.66. The van der Waals surface area contributed by atoms with Crippen LogP contribution in [0.2, 0.25) is 0 Å². The first kappa shape index (κ1) is 17.5. The lowest BCUT2D eigenvalue weighted by atomic mass is 9.98. The van der Waals surface area contributed by atoms with Gasteiger partial charge in [-0.3, -0.25) is 9.78 Å². The molecule has 0 saturated carbocycles. The summed E-state index contributed by atoms with van der Waals surface area (Å²) < 4.78 is 5.77. The van der Waals surface area contributed by atoms with Crippen LogP contribution in [0, 0.1) is 12.8 Å². The summed E-state index contributed by atoms with van der Waals surface area (Å²) in [4.78, 5) is 27.4. The first-order valence-corrected chi connectivity index (χ1v) is 9.19. The van der Waals surface area contributed by atoms with Crippen LogP contribution in [-0.2, 0) is 11.2 Å². The summed E-state index contributed by atoms with van der Waals surface area (Å²) >= 11 is 0. The van der Waals surface area contributed by atoms with Crippen LogP contribution in [0.5, 0.6) is 0 Å². The van der Waals surface area contributed by atoms with Crippen molar-refractivity contribution in [3.63, 3.8) is 0 Å². The summed E-state index contributed by atoms with van der Waals surface area (Å²) in [6.45, 7) is 4.23. The Balaban J connectivity index is 1.50. The number of carbonyl (C=O) groups excluding carboxylic acids is 1. The third-order valence-electron chi connectivity index (χ3n) is 4.81. The second-order valence-electron chi connectivity index (χ2n) is 6.92. The van der Waals surface area contributed by atoms with E-state index in [-0.39, 0.29) is 11.8 Å². The number of nitrogens with zero attached hydrogens (tertiary/aromatic N) is 4. The molecule has 3 heterocycles. The van der Waals surface area contributed by atoms with Gasteiger partial charge in [-0.05, 0) is 43.2 Å². The number of aryl methyl sites for hydroxylation is 1. The zero-order valence-electron chi connectivity index (χ0n) is 15.3. The van der Waals surface area contributed by atoms with Gasteiger partial charge in [-0.1, -0.05) is 12.1 Å². The molecule has 27 heavy (non-hydrogen) atoms. The highest BCUT2D eigenvalue weighted by Gasteiger charge is 2.24. The number of ether oxygens (including phenoxy) is 1. The van der Waals surface area contributed by atoms with Gasteiger partial charge >= 0.3 is 0 Å². The van der Waals surface area contributed by atoms with E-state index in [1.807, 2.05) is 11.0 Å². The summed E-state index contributed by atoms with van der Waals surface area (Å²) in [5.41, 5.74) is 2.67. The van der Waals surface area contributed by atoms with Crippen LogP contribution in [0.4, 0.5) is 0 Å². The van der Waals surface area contributed by atoms with E-state index in [1.54, 1.807) is 25.4 Å². The monoisotopic (exact) mass is 362 g/mol. The fraction of sp³-hybridized carbons (Fsp3) is 0.333. The minimum absolute atomic E-state index is 0.0567. The highest BCUT2D eigenvalue weighted by Crippen LogP contribution is 2.19. The molecule has 1 aliphatic heterocycles.